The van der Waals surface area contributed by atoms with E-state index >= 15 is 0 Å². The number of benzene rings is 2. The molecule has 0 aliphatic rings. The first-order valence-electron chi connectivity index (χ1n) is 9.20. The molecule has 4 aromatic rings. The fourth-order valence-electron chi connectivity index (χ4n) is 2.91. The van der Waals surface area contributed by atoms with Crippen LogP contribution in [0.5, 0.6) is 0 Å². The van der Waals surface area contributed by atoms with E-state index in [1.807, 2.05) is 54.6 Å². The Labute approximate surface area is 173 Å². The Hall–Kier alpha value is -3.44. The van der Waals surface area contributed by atoms with Gasteiger partial charge in [-0.3, -0.25) is 4.79 Å². The van der Waals surface area contributed by atoms with E-state index < -0.39 is 0 Å². The lowest BCUT2D eigenvalue weighted by molar-refractivity contribution is -0.116. The minimum Gasteiger partial charge on any atom is -0.441 e. The molecule has 0 saturated heterocycles. The summed E-state index contributed by atoms with van der Waals surface area (Å²) in [5.74, 6) is 1.44. The van der Waals surface area contributed by atoms with Crippen LogP contribution >= 0.6 is 11.6 Å². The molecule has 0 radical (unpaired) electrons. The summed E-state index contributed by atoms with van der Waals surface area (Å²) in [4.78, 5) is 20.8. The second-order valence-corrected chi connectivity index (χ2v) is 6.85. The number of halogens is 1. The van der Waals surface area contributed by atoms with Crippen LogP contribution in [0.3, 0.4) is 0 Å². The third-order valence-electron chi connectivity index (χ3n) is 4.40. The number of rotatable bonds is 6. The maximum Gasteiger partial charge on any atom is 0.226 e. The lowest BCUT2D eigenvalue weighted by Gasteiger charge is -2.05. The fourth-order valence-corrected chi connectivity index (χ4v) is 3.14. The molecule has 2 aromatic carbocycles. The van der Waals surface area contributed by atoms with Crippen molar-refractivity contribution in [1.29, 1.82) is 0 Å². The van der Waals surface area contributed by atoms with Crippen molar-refractivity contribution in [2.24, 2.45) is 0 Å². The first-order valence-corrected chi connectivity index (χ1v) is 9.58. The number of amides is 1. The Balaban J connectivity index is 1.33. The molecule has 2 heterocycles. The number of hydrogen-bond donors (Lipinski definition) is 1. The van der Waals surface area contributed by atoms with Crippen LogP contribution in [0.4, 0.5) is 5.82 Å². The molecule has 144 valence electrons. The molecule has 0 saturated carbocycles. The van der Waals surface area contributed by atoms with Gasteiger partial charge in [-0.1, -0.05) is 54.1 Å². The predicted octanol–water partition coefficient (Wildman–Crippen LogP) is 5.63. The van der Waals surface area contributed by atoms with Gasteiger partial charge in [-0.2, -0.15) is 0 Å². The van der Waals surface area contributed by atoms with Gasteiger partial charge in [-0.05, 0) is 29.8 Å². The molecule has 1 amide bonds. The van der Waals surface area contributed by atoms with E-state index in [2.05, 4.69) is 15.3 Å². The molecule has 0 fully saturated rings. The summed E-state index contributed by atoms with van der Waals surface area (Å²) in [5, 5.41) is 3.39. The van der Waals surface area contributed by atoms with Crippen molar-refractivity contribution in [3.05, 3.63) is 90.0 Å². The van der Waals surface area contributed by atoms with Crippen LogP contribution < -0.4 is 5.32 Å². The quantitative estimate of drug-likeness (QED) is 0.453. The van der Waals surface area contributed by atoms with Gasteiger partial charge in [-0.15, -0.1) is 0 Å². The summed E-state index contributed by atoms with van der Waals surface area (Å²) in [5.41, 5.74) is 2.85. The Morgan fingerprint density at radius 2 is 1.69 bits per heavy atom. The van der Waals surface area contributed by atoms with Gasteiger partial charge in [0.05, 0.1) is 11.2 Å². The highest BCUT2D eigenvalue weighted by atomic mass is 35.5. The van der Waals surface area contributed by atoms with Crippen LogP contribution in [-0.2, 0) is 11.2 Å². The Morgan fingerprint density at radius 3 is 2.45 bits per heavy atom. The standard InChI is InChI=1S/C23H18ClN3O2/c24-19-9-5-4-8-18(19)20-15-26-23(29-20)13-12-22(28)27-21-11-10-17(14-25-21)16-6-2-1-3-7-16/h1-11,14-15H,12-13H2,(H,25,27,28). The molecule has 0 atom stereocenters. The van der Waals surface area contributed by atoms with Crippen molar-refractivity contribution in [3.63, 3.8) is 0 Å². The topological polar surface area (TPSA) is 68.0 Å². The van der Waals surface area contributed by atoms with E-state index in [1.54, 1.807) is 24.5 Å². The molecule has 0 aliphatic carbocycles. The SMILES string of the molecule is O=C(CCc1ncc(-c2ccccc2Cl)o1)Nc1ccc(-c2ccccc2)cn1. The Kier molecular flexibility index (Phi) is 5.68. The minimum atomic E-state index is -0.151. The summed E-state index contributed by atoms with van der Waals surface area (Å²) in [6.45, 7) is 0. The van der Waals surface area contributed by atoms with Crippen LogP contribution in [0.15, 0.2) is 83.5 Å². The Morgan fingerprint density at radius 1 is 0.897 bits per heavy atom. The zero-order valence-electron chi connectivity index (χ0n) is 15.5. The van der Waals surface area contributed by atoms with Crippen LogP contribution in [0, 0.1) is 0 Å². The lowest BCUT2D eigenvalue weighted by atomic mass is 10.1. The second kappa shape index (κ2) is 8.71. The highest BCUT2D eigenvalue weighted by molar-refractivity contribution is 6.33. The van der Waals surface area contributed by atoms with E-state index in [0.29, 0.717) is 28.9 Å². The third-order valence-corrected chi connectivity index (χ3v) is 4.73. The minimum absolute atomic E-state index is 0.151. The van der Waals surface area contributed by atoms with E-state index in [4.69, 9.17) is 16.0 Å². The smallest absolute Gasteiger partial charge is 0.226 e. The van der Waals surface area contributed by atoms with Crippen molar-refractivity contribution in [2.75, 3.05) is 5.32 Å². The number of pyridine rings is 1. The molecule has 6 heteroatoms. The van der Waals surface area contributed by atoms with Crippen LogP contribution in [0.25, 0.3) is 22.5 Å². The molecule has 4 rings (SSSR count). The van der Waals surface area contributed by atoms with Gasteiger partial charge < -0.3 is 9.73 Å². The highest BCUT2D eigenvalue weighted by Gasteiger charge is 2.11. The molecule has 0 unspecified atom stereocenters. The molecule has 5 nitrogen and oxygen atoms in total. The summed E-state index contributed by atoms with van der Waals surface area (Å²) < 4.78 is 5.72. The third kappa shape index (κ3) is 4.70. The van der Waals surface area contributed by atoms with Crippen molar-refractivity contribution in [2.45, 2.75) is 12.8 Å². The molecule has 1 N–H and O–H groups in total. The maximum absolute atomic E-state index is 12.2. The number of aromatic nitrogens is 2. The van der Waals surface area contributed by atoms with Crippen molar-refractivity contribution in [3.8, 4) is 22.5 Å². The van der Waals surface area contributed by atoms with Gasteiger partial charge in [0.25, 0.3) is 0 Å². The fraction of sp³-hybridized carbons (Fsp3) is 0.0870. The first kappa shape index (κ1) is 18.9. The molecular weight excluding hydrogens is 386 g/mol. The summed E-state index contributed by atoms with van der Waals surface area (Å²) in [6, 6.07) is 21.1. The number of carbonyl (C=O) groups is 1. The average Bonchev–Trinajstić information content (AvgIpc) is 3.23. The summed E-state index contributed by atoms with van der Waals surface area (Å²) in [7, 11) is 0. The van der Waals surface area contributed by atoms with Crippen LogP contribution in [0.2, 0.25) is 5.02 Å². The number of aryl methyl sites for hydroxylation is 1. The van der Waals surface area contributed by atoms with E-state index in [9.17, 15) is 4.79 Å². The molecular formula is C23H18ClN3O2. The number of nitrogens with zero attached hydrogens (tertiary/aromatic N) is 2. The van der Waals surface area contributed by atoms with Crippen LogP contribution in [0.1, 0.15) is 12.3 Å². The zero-order chi connectivity index (χ0) is 20.1. The van der Waals surface area contributed by atoms with E-state index in [1.165, 1.54) is 0 Å². The second-order valence-electron chi connectivity index (χ2n) is 6.44. The monoisotopic (exact) mass is 403 g/mol. The molecule has 0 bridgehead atoms. The number of hydrogen-bond acceptors (Lipinski definition) is 4. The first-order chi connectivity index (χ1) is 14.2. The van der Waals surface area contributed by atoms with Crippen molar-refractivity contribution >= 4 is 23.3 Å². The van der Waals surface area contributed by atoms with E-state index in [-0.39, 0.29) is 12.3 Å². The van der Waals surface area contributed by atoms with Crippen molar-refractivity contribution < 1.29 is 9.21 Å². The molecule has 0 aliphatic heterocycles. The number of oxazole rings is 1. The zero-order valence-corrected chi connectivity index (χ0v) is 16.3. The van der Waals surface area contributed by atoms with E-state index in [0.717, 1.165) is 16.7 Å². The maximum atomic E-state index is 12.2. The van der Waals surface area contributed by atoms with Crippen molar-refractivity contribution in [1.82, 2.24) is 9.97 Å². The predicted molar refractivity (Wildman–Crippen MR) is 114 cm³/mol. The lowest BCUT2D eigenvalue weighted by Crippen LogP contribution is -2.13. The normalized spacial score (nSPS) is 10.7. The number of nitrogens with one attached hydrogen (secondary N) is 1. The van der Waals surface area contributed by atoms with Gasteiger partial charge in [0.15, 0.2) is 11.7 Å². The summed E-state index contributed by atoms with van der Waals surface area (Å²) >= 11 is 6.18. The van der Waals surface area contributed by atoms with Gasteiger partial charge >= 0.3 is 0 Å². The number of anilines is 1. The number of carbonyl (C=O) groups excluding carboxylic acids is 1. The molecule has 29 heavy (non-hydrogen) atoms. The van der Waals surface area contributed by atoms with Gasteiger partial charge in [0.1, 0.15) is 5.82 Å². The molecule has 2 aromatic heterocycles. The van der Waals surface area contributed by atoms with Gasteiger partial charge in [0.2, 0.25) is 5.91 Å². The van der Waals surface area contributed by atoms with Crippen LogP contribution in [-0.4, -0.2) is 15.9 Å². The highest BCUT2D eigenvalue weighted by Crippen LogP contribution is 2.28. The van der Waals surface area contributed by atoms with Gasteiger partial charge in [-0.25, -0.2) is 9.97 Å². The summed E-state index contributed by atoms with van der Waals surface area (Å²) in [6.07, 6.45) is 4.00. The van der Waals surface area contributed by atoms with Gasteiger partial charge in [0, 0.05) is 30.2 Å². The largest absolute Gasteiger partial charge is 0.441 e. The average molecular weight is 404 g/mol. The molecule has 0 spiro atoms. The Bertz CT molecular complexity index is 1110.